The van der Waals surface area contributed by atoms with Gasteiger partial charge in [-0.1, -0.05) is 18.2 Å². The van der Waals surface area contributed by atoms with E-state index in [9.17, 15) is 19.3 Å². The Kier molecular flexibility index (Phi) is 5.15. The van der Waals surface area contributed by atoms with Crippen molar-refractivity contribution < 1.29 is 14.1 Å². The minimum absolute atomic E-state index is 0.0334. The van der Waals surface area contributed by atoms with Crippen LogP contribution in [0.2, 0.25) is 0 Å². The highest BCUT2D eigenvalue weighted by molar-refractivity contribution is 7.80. The number of benzene rings is 2. The maximum Gasteiger partial charge on any atom is 0.270 e. The van der Waals surface area contributed by atoms with Crippen molar-refractivity contribution in [2.45, 2.75) is 0 Å². The van der Waals surface area contributed by atoms with Crippen molar-refractivity contribution in [1.82, 2.24) is 10.9 Å². The number of thiocarbonyl (C=S) groups is 1. The fourth-order valence-corrected chi connectivity index (χ4v) is 1.82. The lowest BCUT2D eigenvalue weighted by Crippen LogP contribution is -2.43. The SMILES string of the molecule is O=C(NNC(=S)Nc1ccccc1F)c1cccc([N+](=O)[O-])c1. The van der Waals surface area contributed by atoms with Gasteiger partial charge in [0.05, 0.1) is 10.6 Å². The van der Waals surface area contributed by atoms with Gasteiger partial charge in [-0.25, -0.2) is 4.39 Å². The fourth-order valence-electron chi connectivity index (χ4n) is 1.66. The number of hydrazine groups is 1. The number of nitro groups is 1. The summed E-state index contributed by atoms with van der Waals surface area (Å²) in [6.45, 7) is 0. The number of carbonyl (C=O) groups excluding carboxylic acids is 1. The zero-order valence-electron chi connectivity index (χ0n) is 11.6. The summed E-state index contributed by atoms with van der Waals surface area (Å²) in [5.74, 6) is -1.12. The number of halogens is 1. The molecule has 0 bridgehead atoms. The molecule has 9 heteroatoms. The lowest BCUT2D eigenvalue weighted by Gasteiger charge is -2.12. The zero-order valence-corrected chi connectivity index (χ0v) is 12.4. The Morgan fingerprint density at radius 2 is 1.87 bits per heavy atom. The molecule has 0 aliphatic rings. The minimum atomic E-state index is -0.619. The quantitative estimate of drug-likeness (QED) is 0.453. The van der Waals surface area contributed by atoms with Crippen LogP contribution in [-0.4, -0.2) is 15.9 Å². The number of nitro benzene ring substituents is 1. The molecule has 2 rings (SSSR count). The van der Waals surface area contributed by atoms with E-state index in [4.69, 9.17) is 12.2 Å². The Bertz CT molecular complexity index is 769. The number of nitrogens with zero attached hydrogens (tertiary/aromatic N) is 1. The first kappa shape index (κ1) is 16.3. The van der Waals surface area contributed by atoms with E-state index in [0.29, 0.717) is 0 Å². The van der Waals surface area contributed by atoms with Crippen LogP contribution in [0.1, 0.15) is 10.4 Å². The van der Waals surface area contributed by atoms with E-state index in [0.717, 1.165) is 6.07 Å². The number of hydrogen-bond acceptors (Lipinski definition) is 4. The van der Waals surface area contributed by atoms with Gasteiger partial charge in [-0.15, -0.1) is 0 Å². The topological polar surface area (TPSA) is 96.3 Å². The van der Waals surface area contributed by atoms with Crippen molar-refractivity contribution in [3.8, 4) is 0 Å². The molecule has 0 atom stereocenters. The Hall–Kier alpha value is -3.07. The van der Waals surface area contributed by atoms with Gasteiger partial charge in [0.25, 0.3) is 11.6 Å². The molecule has 0 spiro atoms. The first-order valence-corrected chi connectivity index (χ1v) is 6.74. The van der Waals surface area contributed by atoms with Gasteiger partial charge in [-0.05, 0) is 30.4 Å². The molecular formula is C14H11FN4O3S. The Balaban J connectivity index is 1.94. The highest BCUT2D eigenvalue weighted by Crippen LogP contribution is 2.13. The third kappa shape index (κ3) is 4.45. The summed E-state index contributed by atoms with van der Waals surface area (Å²) in [6.07, 6.45) is 0. The molecule has 0 saturated heterocycles. The van der Waals surface area contributed by atoms with Crippen LogP contribution >= 0.6 is 12.2 Å². The number of nitrogens with one attached hydrogen (secondary N) is 3. The van der Waals surface area contributed by atoms with E-state index >= 15 is 0 Å². The van der Waals surface area contributed by atoms with Crippen molar-refractivity contribution in [3.05, 3.63) is 70.0 Å². The highest BCUT2D eigenvalue weighted by atomic mass is 32.1. The van der Waals surface area contributed by atoms with Crippen LogP contribution in [0.15, 0.2) is 48.5 Å². The molecule has 0 saturated carbocycles. The number of rotatable bonds is 3. The maximum absolute atomic E-state index is 13.4. The first-order valence-electron chi connectivity index (χ1n) is 6.33. The number of anilines is 1. The van der Waals surface area contributed by atoms with E-state index in [1.807, 2.05) is 0 Å². The molecule has 23 heavy (non-hydrogen) atoms. The summed E-state index contributed by atoms with van der Waals surface area (Å²) in [4.78, 5) is 22.0. The van der Waals surface area contributed by atoms with Gasteiger partial charge in [-0.2, -0.15) is 0 Å². The molecule has 2 aromatic carbocycles. The smallest absolute Gasteiger partial charge is 0.270 e. The normalized spacial score (nSPS) is 9.78. The third-order valence-electron chi connectivity index (χ3n) is 2.73. The number of carbonyl (C=O) groups is 1. The Morgan fingerprint density at radius 3 is 2.57 bits per heavy atom. The molecule has 1 amide bonds. The summed E-state index contributed by atoms with van der Waals surface area (Å²) in [5, 5.41) is 13.2. The lowest BCUT2D eigenvalue weighted by atomic mass is 10.2. The maximum atomic E-state index is 13.4. The molecule has 0 aromatic heterocycles. The highest BCUT2D eigenvalue weighted by Gasteiger charge is 2.11. The average molecular weight is 334 g/mol. The van der Waals surface area contributed by atoms with Gasteiger partial charge in [-0.3, -0.25) is 25.8 Å². The van der Waals surface area contributed by atoms with E-state index in [1.54, 1.807) is 6.07 Å². The fraction of sp³-hybridized carbons (Fsp3) is 0. The van der Waals surface area contributed by atoms with Crippen LogP contribution in [0.25, 0.3) is 0 Å². The monoisotopic (exact) mass is 334 g/mol. The van der Waals surface area contributed by atoms with Gasteiger partial charge in [0.15, 0.2) is 5.11 Å². The molecule has 3 N–H and O–H groups in total. The van der Waals surface area contributed by atoms with Crippen molar-refractivity contribution in [3.63, 3.8) is 0 Å². The molecule has 118 valence electrons. The average Bonchev–Trinajstić information content (AvgIpc) is 2.55. The van der Waals surface area contributed by atoms with Crippen LogP contribution in [0, 0.1) is 15.9 Å². The van der Waals surface area contributed by atoms with E-state index in [2.05, 4.69) is 16.2 Å². The zero-order chi connectivity index (χ0) is 16.8. The van der Waals surface area contributed by atoms with E-state index < -0.39 is 16.6 Å². The Morgan fingerprint density at radius 1 is 1.13 bits per heavy atom. The van der Waals surface area contributed by atoms with Crippen LogP contribution in [0.5, 0.6) is 0 Å². The molecule has 0 radical (unpaired) electrons. The number of hydrogen-bond donors (Lipinski definition) is 3. The van der Waals surface area contributed by atoms with Crippen molar-refractivity contribution >= 4 is 34.6 Å². The van der Waals surface area contributed by atoms with Gasteiger partial charge >= 0.3 is 0 Å². The van der Waals surface area contributed by atoms with Gasteiger partial charge in [0.2, 0.25) is 0 Å². The largest absolute Gasteiger partial charge is 0.329 e. The van der Waals surface area contributed by atoms with Gasteiger partial charge < -0.3 is 5.32 Å². The van der Waals surface area contributed by atoms with Crippen molar-refractivity contribution in [2.24, 2.45) is 0 Å². The molecule has 0 unspecified atom stereocenters. The predicted molar refractivity (Wildman–Crippen MR) is 86.3 cm³/mol. The van der Waals surface area contributed by atoms with Crippen molar-refractivity contribution in [1.29, 1.82) is 0 Å². The van der Waals surface area contributed by atoms with E-state index in [-0.39, 0.29) is 22.1 Å². The molecular weight excluding hydrogens is 323 g/mol. The molecule has 2 aromatic rings. The molecule has 0 aliphatic carbocycles. The second-order valence-electron chi connectivity index (χ2n) is 4.32. The number of non-ortho nitro benzene ring substituents is 1. The van der Waals surface area contributed by atoms with Crippen LogP contribution in [0.3, 0.4) is 0 Å². The van der Waals surface area contributed by atoms with Crippen LogP contribution < -0.4 is 16.2 Å². The van der Waals surface area contributed by atoms with E-state index in [1.165, 1.54) is 36.4 Å². The number of para-hydroxylation sites is 1. The van der Waals surface area contributed by atoms with Crippen LogP contribution in [0.4, 0.5) is 15.8 Å². The summed E-state index contributed by atoms with van der Waals surface area (Å²) in [7, 11) is 0. The Labute approximate surface area is 135 Å². The standard InChI is InChI=1S/C14H11FN4O3S/c15-11-6-1-2-7-12(11)16-14(23)18-17-13(20)9-4-3-5-10(8-9)19(21)22/h1-8H,(H,17,20)(H2,16,18,23). The molecule has 0 aliphatic heterocycles. The summed E-state index contributed by atoms with van der Waals surface area (Å²) in [6, 6.07) is 11.1. The predicted octanol–water partition coefficient (Wildman–Crippen LogP) is 2.37. The summed E-state index contributed by atoms with van der Waals surface area (Å²) < 4.78 is 13.4. The second-order valence-corrected chi connectivity index (χ2v) is 4.73. The van der Waals surface area contributed by atoms with Gasteiger partial charge in [0.1, 0.15) is 5.82 Å². The van der Waals surface area contributed by atoms with Crippen LogP contribution in [-0.2, 0) is 0 Å². The molecule has 0 fully saturated rings. The number of amides is 1. The van der Waals surface area contributed by atoms with Gasteiger partial charge in [0, 0.05) is 17.7 Å². The second kappa shape index (κ2) is 7.27. The lowest BCUT2D eigenvalue weighted by molar-refractivity contribution is -0.384. The summed E-state index contributed by atoms with van der Waals surface area (Å²) in [5.41, 5.74) is 4.68. The van der Waals surface area contributed by atoms with Crippen molar-refractivity contribution in [2.75, 3.05) is 5.32 Å². The minimum Gasteiger partial charge on any atom is -0.329 e. The first-order chi connectivity index (χ1) is 11.0. The third-order valence-corrected chi connectivity index (χ3v) is 2.93. The molecule has 7 nitrogen and oxygen atoms in total. The summed E-state index contributed by atoms with van der Waals surface area (Å²) >= 11 is 4.92. The molecule has 0 heterocycles.